The van der Waals surface area contributed by atoms with Crippen LogP contribution < -0.4 is 21.3 Å². The van der Waals surface area contributed by atoms with Gasteiger partial charge in [0.25, 0.3) is 0 Å². The molecule has 0 saturated carbocycles. The number of carbonyl (C=O) groups excluding carboxylic acids is 4. The zero-order chi connectivity index (χ0) is 27.3. The maximum absolute atomic E-state index is 13.0. The predicted molar refractivity (Wildman–Crippen MR) is 133 cm³/mol. The van der Waals surface area contributed by atoms with Gasteiger partial charge >= 0.3 is 12.1 Å². The maximum atomic E-state index is 13.0. The molecule has 0 aliphatic rings. The van der Waals surface area contributed by atoms with E-state index in [0.717, 1.165) is 5.56 Å². The number of amides is 4. The van der Waals surface area contributed by atoms with Crippen LogP contribution in [0, 0.1) is 11.8 Å². The first kappa shape index (κ1) is 30.4. The van der Waals surface area contributed by atoms with E-state index in [-0.39, 0.29) is 25.4 Å². The van der Waals surface area contributed by atoms with Crippen molar-refractivity contribution in [2.24, 2.45) is 11.8 Å². The van der Waals surface area contributed by atoms with Gasteiger partial charge in [-0.3, -0.25) is 19.2 Å². The zero-order valence-corrected chi connectivity index (χ0v) is 21.6. The Morgan fingerprint density at radius 3 is 2.11 bits per heavy atom. The molecule has 36 heavy (non-hydrogen) atoms. The molecule has 1 aromatic rings. The molecule has 5 N–H and O–H groups in total. The summed E-state index contributed by atoms with van der Waals surface area (Å²) in [7, 11) is 0. The van der Waals surface area contributed by atoms with E-state index in [1.165, 1.54) is 0 Å². The average Bonchev–Trinajstić information content (AvgIpc) is 2.77. The molecule has 1 aromatic carbocycles. The van der Waals surface area contributed by atoms with Crippen LogP contribution in [-0.4, -0.2) is 66.2 Å². The summed E-state index contributed by atoms with van der Waals surface area (Å²) in [5, 5.41) is 18.6. The van der Waals surface area contributed by atoms with Crippen molar-refractivity contribution in [2.45, 2.75) is 59.1 Å². The molecule has 200 valence electrons. The fourth-order valence-corrected chi connectivity index (χ4v) is 3.26. The second-order valence-electron chi connectivity index (χ2n) is 9.85. The number of hydrogen-bond donors (Lipinski definition) is 5. The normalized spacial score (nSPS) is 12.7. The highest BCUT2D eigenvalue weighted by Crippen LogP contribution is 2.12. The standard InChI is InChI=1S/C25H38N4O7/c1-16(2)11-18(22(33)28-14-20(30)26-15-21(31)32)13-27-23(34)19(12-17-9-7-6-8-10-17)29-24(35)36-25(3,4)5/h6-10,16,18-19H,11-15H2,1-5H3,(H,26,30)(H,27,34)(H,28,33)(H,29,35)(H,31,32). The van der Waals surface area contributed by atoms with Gasteiger partial charge in [0.1, 0.15) is 18.2 Å². The summed E-state index contributed by atoms with van der Waals surface area (Å²) in [6.45, 7) is 8.05. The van der Waals surface area contributed by atoms with Gasteiger partial charge in [0.15, 0.2) is 0 Å². The molecule has 2 unspecified atom stereocenters. The van der Waals surface area contributed by atoms with Crippen molar-refractivity contribution >= 4 is 29.8 Å². The molecule has 1 rings (SSSR count). The minimum Gasteiger partial charge on any atom is -0.480 e. The molecule has 11 nitrogen and oxygen atoms in total. The van der Waals surface area contributed by atoms with E-state index in [1.54, 1.807) is 20.8 Å². The van der Waals surface area contributed by atoms with Crippen LogP contribution in [0.4, 0.5) is 4.79 Å². The lowest BCUT2D eigenvalue weighted by molar-refractivity contribution is -0.137. The molecule has 0 bridgehead atoms. The van der Waals surface area contributed by atoms with Gasteiger partial charge in [-0.05, 0) is 38.7 Å². The Hall–Kier alpha value is -3.63. The third kappa shape index (κ3) is 13.3. The van der Waals surface area contributed by atoms with Crippen molar-refractivity contribution in [3.05, 3.63) is 35.9 Å². The van der Waals surface area contributed by atoms with Crippen molar-refractivity contribution < 1.29 is 33.8 Å². The Morgan fingerprint density at radius 1 is 0.917 bits per heavy atom. The van der Waals surface area contributed by atoms with Crippen LogP contribution in [-0.2, 0) is 30.3 Å². The molecular weight excluding hydrogens is 468 g/mol. The molecular formula is C25H38N4O7. The lowest BCUT2D eigenvalue weighted by Gasteiger charge is -2.24. The van der Waals surface area contributed by atoms with Gasteiger partial charge in [-0.2, -0.15) is 0 Å². The number of carboxylic acid groups (broad SMARTS) is 1. The summed E-state index contributed by atoms with van der Waals surface area (Å²) in [5.74, 6) is -3.28. The van der Waals surface area contributed by atoms with Crippen molar-refractivity contribution in [1.29, 1.82) is 0 Å². The molecule has 0 aliphatic carbocycles. The third-order valence-electron chi connectivity index (χ3n) is 4.80. The van der Waals surface area contributed by atoms with E-state index in [1.807, 2.05) is 44.2 Å². The van der Waals surface area contributed by atoms with Gasteiger partial charge in [0.2, 0.25) is 17.7 Å². The second kappa shape index (κ2) is 14.7. The van der Waals surface area contributed by atoms with Crippen molar-refractivity contribution in [3.8, 4) is 0 Å². The van der Waals surface area contributed by atoms with Crippen LogP contribution in [0.1, 0.15) is 46.6 Å². The number of nitrogens with one attached hydrogen (secondary N) is 4. The smallest absolute Gasteiger partial charge is 0.408 e. The number of aliphatic carboxylic acids is 1. The summed E-state index contributed by atoms with van der Waals surface area (Å²) < 4.78 is 5.29. The number of carbonyl (C=O) groups is 5. The number of rotatable bonds is 13. The van der Waals surface area contributed by atoms with Gasteiger partial charge in [-0.25, -0.2) is 4.79 Å². The highest BCUT2D eigenvalue weighted by Gasteiger charge is 2.27. The van der Waals surface area contributed by atoms with Crippen molar-refractivity contribution in [3.63, 3.8) is 0 Å². The van der Waals surface area contributed by atoms with Crippen molar-refractivity contribution in [1.82, 2.24) is 21.3 Å². The van der Waals surface area contributed by atoms with Crippen LogP contribution in [0.15, 0.2) is 30.3 Å². The minimum atomic E-state index is -1.19. The molecule has 11 heteroatoms. The van der Waals surface area contributed by atoms with Crippen LogP contribution in [0.25, 0.3) is 0 Å². The maximum Gasteiger partial charge on any atom is 0.408 e. The number of benzene rings is 1. The lowest BCUT2D eigenvalue weighted by atomic mass is 9.96. The first-order valence-electron chi connectivity index (χ1n) is 11.8. The lowest BCUT2D eigenvalue weighted by Crippen LogP contribution is -2.51. The van der Waals surface area contributed by atoms with Gasteiger partial charge in [0.05, 0.1) is 12.5 Å². The monoisotopic (exact) mass is 506 g/mol. The summed E-state index contributed by atoms with van der Waals surface area (Å²) in [6.07, 6.45) is -0.0787. The molecule has 4 amide bonds. The number of carboxylic acids is 1. The highest BCUT2D eigenvalue weighted by atomic mass is 16.6. The summed E-state index contributed by atoms with van der Waals surface area (Å²) in [6, 6.07) is 8.23. The Morgan fingerprint density at radius 2 is 1.56 bits per heavy atom. The van der Waals surface area contributed by atoms with E-state index in [0.29, 0.717) is 6.42 Å². The molecule has 0 aliphatic heterocycles. The third-order valence-corrected chi connectivity index (χ3v) is 4.80. The fraction of sp³-hybridized carbons (Fsp3) is 0.560. The largest absolute Gasteiger partial charge is 0.480 e. The Kier molecular flexibility index (Phi) is 12.4. The van der Waals surface area contributed by atoms with E-state index in [9.17, 15) is 24.0 Å². The SMILES string of the molecule is CC(C)CC(CNC(=O)C(Cc1ccccc1)NC(=O)OC(C)(C)C)C(=O)NCC(=O)NCC(=O)O. The summed E-state index contributed by atoms with van der Waals surface area (Å²) in [5.41, 5.74) is 0.0901. The molecule has 2 atom stereocenters. The quantitative estimate of drug-likeness (QED) is 0.268. The Balaban J connectivity index is 2.83. The van der Waals surface area contributed by atoms with Gasteiger partial charge in [0, 0.05) is 13.0 Å². The number of ether oxygens (including phenoxy) is 1. The van der Waals surface area contributed by atoms with Crippen LogP contribution in [0.3, 0.4) is 0 Å². The first-order chi connectivity index (χ1) is 16.8. The van der Waals surface area contributed by atoms with E-state index in [2.05, 4.69) is 21.3 Å². The second-order valence-corrected chi connectivity index (χ2v) is 9.85. The summed E-state index contributed by atoms with van der Waals surface area (Å²) in [4.78, 5) is 60.3. The average molecular weight is 507 g/mol. The number of alkyl carbamates (subject to hydrolysis) is 1. The summed E-state index contributed by atoms with van der Waals surface area (Å²) >= 11 is 0. The van der Waals surface area contributed by atoms with Crippen LogP contribution >= 0.6 is 0 Å². The van der Waals surface area contributed by atoms with Crippen LogP contribution in [0.2, 0.25) is 0 Å². The first-order valence-corrected chi connectivity index (χ1v) is 11.8. The number of hydrogen-bond acceptors (Lipinski definition) is 6. The predicted octanol–water partition coefficient (Wildman–Crippen LogP) is 1.22. The topological polar surface area (TPSA) is 163 Å². The van der Waals surface area contributed by atoms with E-state index >= 15 is 0 Å². The van der Waals surface area contributed by atoms with Crippen molar-refractivity contribution in [2.75, 3.05) is 19.6 Å². The molecule has 0 saturated heterocycles. The highest BCUT2D eigenvalue weighted by molar-refractivity contribution is 5.89. The Bertz CT molecular complexity index is 897. The zero-order valence-electron chi connectivity index (χ0n) is 21.6. The van der Waals surface area contributed by atoms with Crippen LogP contribution in [0.5, 0.6) is 0 Å². The van der Waals surface area contributed by atoms with E-state index in [4.69, 9.17) is 9.84 Å². The van der Waals surface area contributed by atoms with Gasteiger partial charge in [-0.15, -0.1) is 0 Å². The van der Waals surface area contributed by atoms with Gasteiger partial charge in [-0.1, -0.05) is 44.2 Å². The minimum absolute atomic E-state index is 0.0130. The molecule has 0 aromatic heterocycles. The molecule has 0 radical (unpaired) electrons. The Labute approximate surface area is 211 Å². The fourth-order valence-electron chi connectivity index (χ4n) is 3.26. The molecule has 0 heterocycles. The molecule has 0 spiro atoms. The van der Waals surface area contributed by atoms with Gasteiger partial charge < -0.3 is 31.1 Å². The molecule has 0 fully saturated rings. The van der Waals surface area contributed by atoms with E-state index < -0.39 is 53.9 Å².